The number of allylic oxidation sites excluding steroid dienone is 2. The maximum Gasteiger partial charge on any atom is 0.266 e. The van der Waals surface area contributed by atoms with Crippen LogP contribution in [0.25, 0.3) is 6.08 Å². The number of thiocarbonyl (C=S) groups is 1. The molecule has 0 saturated carbocycles. The van der Waals surface area contributed by atoms with Crippen LogP contribution >= 0.6 is 24.0 Å². The SMILES string of the molecule is CC(/C=C1\SC(=S)N(CCCCCC(=O)Nc2ccc(S(N)(=O)=O)cc2)C1=O)=C\c1ccccc1. The van der Waals surface area contributed by atoms with Gasteiger partial charge in [0.2, 0.25) is 15.9 Å². The van der Waals surface area contributed by atoms with Gasteiger partial charge in [0, 0.05) is 18.7 Å². The molecule has 1 aliphatic rings. The standard InChI is InChI=1S/C25H27N3O4S3/c1-18(16-19-8-4-2-5-9-19)17-22-24(30)28(25(33)34-22)15-7-3-6-10-23(29)27-20-11-13-21(14-12-20)35(26,31)32/h2,4-5,8-9,11-14,16-17H,3,6-7,10,15H2,1H3,(H,27,29)(H2,26,31,32)/b18-16+,22-17-. The molecule has 7 nitrogen and oxygen atoms in total. The number of hydrogen-bond donors (Lipinski definition) is 2. The van der Waals surface area contributed by atoms with E-state index >= 15 is 0 Å². The number of primary sulfonamides is 1. The van der Waals surface area contributed by atoms with Crippen molar-refractivity contribution in [1.82, 2.24) is 4.90 Å². The molecule has 1 aliphatic heterocycles. The minimum Gasteiger partial charge on any atom is -0.326 e. The van der Waals surface area contributed by atoms with E-state index < -0.39 is 10.0 Å². The van der Waals surface area contributed by atoms with Crippen LogP contribution in [0.15, 0.2) is 76.0 Å². The van der Waals surface area contributed by atoms with Crippen molar-refractivity contribution in [1.29, 1.82) is 0 Å². The first kappa shape index (κ1) is 26.8. The first-order valence-electron chi connectivity index (χ1n) is 11.0. The topological polar surface area (TPSA) is 110 Å². The summed E-state index contributed by atoms with van der Waals surface area (Å²) in [7, 11) is -3.76. The lowest BCUT2D eigenvalue weighted by Crippen LogP contribution is -2.29. The molecule has 1 fully saturated rings. The summed E-state index contributed by atoms with van der Waals surface area (Å²) in [5.41, 5.74) is 2.55. The molecule has 10 heteroatoms. The summed E-state index contributed by atoms with van der Waals surface area (Å²) < 4.78 is 23.1. The van der Waals surface area contributed by atoms with Crippen LogP contribution in [0.4, 0.5) is 5.69 Å². The van der Waals surface area contributed by atoms with Crippen LogP contribution in [0.2, 0.25) is 0 Å². The summed E-state index contributed by atoms with van der Waals surface area (Å²) in [4.78, 5) is 27.1. The first-order chi connectivity index (χ1) is 16.6. The lowest BCUT2D eigenvalue weighted by Gasteiger charge is -2.14. The van der Waals surface area contributed by atoms with E-state index in [1.807, 2.05) is 49.4 Å². The van der Waals surface area contributed by atoms with Gasteiger partial charge in [-0.1, -0.05) is 66.8 Å². The van der Waals surface area contributed by atoms with Gasteiger partial charge in [0.1, 0.15) is 4.32 Å². The second-order valence-electron chi connectivity index (χ2n) is 8.06. The van der Waals surface area contributed by atoms with Crippen LogP contribution in [0.1, 0.15) is 38.2 Å². The van der Waals surface area contributed by atoms with E-state index in [4.69, 9.17) is 17.4 Å². The van der Waals surface area contributed by atoms with Gasteiger partial charge in [0.05, 0.1) is 9.80 Å². The fraction of sp³-hybridized carbons (Fsp3) is 0.240. The van der Waals surface area contributed by atoms with Crippen LogP contribution in [0, 0.1) is 0 Å². The van der Waals surface area contributed by atoms with E-state index in [9.17, 15) is 18.0 Å². The number of nitrogens with zero attached hydrogens (tertiary/aromatic N) is 1. The zero-order valence-electron chi connectivity index (χ0n) is 19.3. The highest BCUT2D eigenvalue weighted by atomic mass is 32.2. The van der Waals surface area contributed by atoms with Crippen molar-refractivity contribution >= 4 is 61.9 Å². The molecular formula is C25H27N3O4S3. The number of hydrogen-bond acceptors (Lipinski definition) is 6. The molecule has 184 valence electrons. The second kappa shape index (κ2) is 12.3. The molecule has 0 unspecified atom stereocenters. The van der Waals surface area contributed by atoms with Gasteiger partial charge in [-0.05, 0) is 61.2 Å². The molecular weight excluding hydrogens is 502 g/mol. The highest BCUT2D eigenvalue weighted by Crippen LogP contribution is 2.32. The summed E-state index contributed by atoms with van der Waals surface area (Å²) in [6.07, 6.45) is 6.36. The number of amides is 2. The van der Waals surface area contributed by atoms with Crippen molar-refractivity contribution in [3.05, 3.63) is 76.7 Å². The molecule has 3 rings (SSSR count). The Balaban J connectivity index is 1.41. The third-order valence-corrected chi connectivity index (χ3v) is 7.49. The van der Waals surface area contributed by atoms with E-state index in [0.717, 1.165) is 24.0 Å². The third kappa shape index (κ3) is 8.14. The average Bonchev–Trinajstić information content (AvgIpc) is 3.06. The number of unbranched alkanes of at least 4 members (excludes halogenated alkanes) is 2. The maximum absolute atomic E-state index is 12.8. The van der Waals surface area contributed by atoms with Crippen LogP contribution in [0.3, 0.4) is 0 Å². The Labute approximate surface area is 215 Å². The molecule has 2 aromatic rings. The molecule has 2 aromatic carbocycles. The van der Waals surface area contributed by atoms with Gasteiger partial charge in [-0.3, -0.25) is 14.5 Å². The van der Waals surface area contributed by atoms with Gasteiger partial charge < -0.3 is 5.32 Å². The zero-order chi connectivity index (χ0) is 25.4. The Bertz CT molecular complexity index is 1250. The predicted octanol–water partition coefficient (Wildman–Crippen LogP) is 4.68. The van der Waals surface area contributed by atoms with Gasteiger partial charge in [0.15, 0.2) is 0 Å². The summed E-state index contributed by atoms with van der Waals surface area (Å²) in [6, 6.07) is 15.6. The number of benzene rings is 2. The normalized spacial score (nSPS) is 15.7. The van der Waals surface area contributed by atoms with Gasteiger partial charge in [-0.15, -0.1) is 0 Å². The molecule has 0 aliphatic carbocycles. The Morgan fingerprint density at radius 3 is 2.43 bits per heavy atom. The van der Waals surface area contributed by atoms with Crippen molar-refractivity contribution < 1.29 is 18.0 Å². The first-order valence-corrected chi connectivity index (χ1v) is 13.8. The number of thioether (sulfide) groups is 1. The molecule has 1 heterocycles. The van der Waals surface area contributed by atoms with Gasteiger partial charge in [-0.2, -0.15) is 0 Å². The lowest BCUT2D eigenvalue weighted by atomic mass is 10.1. The van der Waals surface area contributed by atoms with Crippen molar-refractivity contribution in [2.24, 2.45) is 5.14 Å². The van der Waals surface area contributed by atoms with Crippen LogP contribution in [0.5, 0.6) is 0 Å². The zero-order valence-corrected chi connectivity index (χ0v) is 21.7. The van der Waals surface area contributed by atoms with Gasteiger partial charge in [0.25, 0.3) is 5.91 Å². The quantitative estimate of drug-likeness (QED) is 0.263. The highest BCUT2D eigenvalue weighted by molar-refractivity contribution is 8.26. The molecule has 0 radical (unpaired) electrons. The summed E-state index contributed by atoms with van der Waals surface area (Å²) in [5, 5.41) is 7.80. The number of anilines is 1. The van der Waals surface area contributed by atoms with E-state index in [2.05, 4.69) is 5.32 Å². The molecule has 0 spiro atoms. The minimum absolute atomic E-state index is 0.0107. The van der Waals surface area contributed by atoms with Crippen LogP contribution in [-0.2, 0) is 19.6 Å². The molecule has 1 saturated heterocycles. The van der Waals surface area contributed by atoms with Crippen molar-refractivity contribution in [2.75, 3.05) is 11.9 Å². The highest BCUT2D eigenvalue weighted by Gasteiger charge is 2.31. The fourth-order valence-corrected chi connectivity index (χ4v) is 5.31. The van der Waals surface area contributed by atoms with Gasteiger partial charge >= 0.3 is 0 Å². The Morgan fingerprint density at radius 2 is 1.77 bits per heavy atom. The maximum atomic E-state index is 12.8. The Morgan fingerprint density at radius 1 is 1.09 bits per heavy atom. The number of nitrogens with two attached hydrogens (primary N) is 1. The summed E-state index contributed by atoms with van der Waals surface area (Å²) in [5.74, 6) is -0.246. The molecule has 3 N–H and O–H groups in total. The van der Waals surface area contributed by atoms with E-state index in [-0.39, 0.29) is 16.7 Å². The average molecular weight is 530 g/mol. The fourth-order valence-electron chi connectivity index (χ4n) is 3.44. The van der Waals surface area contributed by atoms with Gasteiger partial charge in [-0.25, -0.2) is 13.6 Å². The second-order valence-corrected chi connectivity index (χ2v) is 11.3. The lowest BCUT2D eigenvalue weighted by molar-refractivity contribution is -0.122. The number of carbonyl (C=O) groups is 2. The Kier molecular flexibility index (Phi) is 9.39. The van der Waals surface area contributed by atoms with E-state index in [1.54, 1.807) is 4.90 Å². The molecule has 0 bridgehead atoms. The molecule has 0 aromatic heterocycles. The van der Waals surface area contributed by atoms with Crippen LogP contribution in [-0.4, -0.2) is 36.0 Å². The Hall–Kier alpha value is -2.79. The molecule has 35 heavy (non-hydrogen) atoms. The van der Waals surface area contributed by atoms with Crippen molar-refractivity contribution in [2.45, 2.75) is 37.5 Å². The monoisotopic (exact) mass is 529 g/mol. The number of nitrogens with one attached hydrogen (secondary N) is 1. The van der Waals surface area contributed by atoms with E-state index in [0.29, 0.717) is 34.3 Å². The summed E-state index contributed by atoms with van der Waals surface area (Å²) in [6.45, 7) is 2.47. The number of sulfonamides is 1. The van der Waals surface area contributed by atoms with Crippen molar-refractivity contribution in [3.63, 3.8) is 0 Å². The smallest absolute Gasteiger partial charge is 0.266 e. The van der Waals surface area contributed by atoms with Crippen LogP contribution < -0.4 is 10.5 Å². The number of carbonyl (C=O) groups excluding carboxylic acids is 2. The number of rotatable bonds is 10. The molecule has 0 atom stereocenters. The third-order valence-electron chi connectivity index (χ3n) is 5.18. The largest absolute Gasteiger partial charge is 0.326 e. The van der Waals surface area contributed by atoms with Crippen molar-refractivity contribution in [3.8, 4) is 0 Å². The predicted molar refractivity (Wildman–Crippen MR) is 145 cm³/mol. The minimum atomic E-state index is -3.76. The van der Waals surface area contributed by atoms with E-state index in [1.165, 1.54) is 36.0 Å². The summed E-state index contributed by atoms with van der Waals surface area (Å²) >= 11 is 6.71. The molecule has 2 amide bonds.